The monoisotopic (exact) mass is 204 g/mol. The van der Waals surface area contributed by atoms with Gasteiger partial charge in [-0.1, -0.05) is 37.8 Å². The molecule has 12 heavy (non-hydrogen) atoms. The average Bonchev–Trinajstić information content (AvgIpc) is 1.95. The smallest absolute Gasteiger partial charge is 0.0686 e. The lowest BCUT2D eigenvalue weighted by atomic mass is 10.1. The maximum absolute atomic E-state index is 5.66. The van der Waals surface area contributed by atoms with Crippen LogP contribution >= 0.6 is 11.6 Å². The third-order valence-electron chi connectivity index (χ3n) is 1.72. The zero-order valence-electron chi connectivity index (χ0n) is 8.78. The molecule has 0 fully saturated rings. The van der Waals surface area contributed by atoms with Crippen LogP contribution in [-0.4, -0.2) is 14.0 Å². The molecule has 0 aliphatic heterocycles. The van der Waals surface area contributed by atoms with E-state index in [1.54, 1.807) is 5.57 Å². The van der Waals surface area contributed by atoms with Crippen molar-refractivity contribution in [2.75, 3.05) is 5.88 Å². The first-order valence-electron chi connectivity index (χ1n) is 4.76. The van der Waals surface area contributed by atoms with Crippen molar-refractivity contribution in [3.05, 3.63) is 11.3 Å². The molecule has 0 rings (SSSR count). The molecule has 72 valence electrons. The number of allylic oxidation sites excluding steroid dienone is 1. The molecule has 0 aromatic rings. The predicted octanol–water partition coefficient (Wildman–Crippen LogP) is 4.22. The van der Waals surface area contributed by atoms with Gasteiger partial charge in [0.2, 0.25) is 0 Å². The number of hydrogen-bond acceptors (Lipinski definition) is 0. The van der Waals surface area contributed by atoms with Gasteiger partial charge in [-0.3, -0.25) is 0 Å². The molecular formula is C10H21ClSi. The van der Waals surface area contributed by atoms with Gasteiger partial charge in [-0.25, -0.2) is 0 Å². The Bertz CT molecular complexity index is 144. The van der Waals surface area contributed by atoms with Crippen LogP contribution in [0.1, 0.15) is 26.2 Å². The summed E-state index contributed by atoms with van der Waals surface area (Å²) >= 11 is 5.66. The molecular weight excluding hydrogens is 184 g/mol. The zero-order valence-corrected chi connectivity index (χ0v) is 10.5. The fourth-order valence-electron chi connectivity index (χ4n) is 1.26. The molecule has 0 aliphatic rings. The van der Waals surface area contributed by atoms with Crippen molar-refractivity contribution in [2.24, 2.45) is 0 Å². The second-order valence-corrected chi connectivity index (χ2v) is 9.71. The zero-order chi connectivity index (χ0) is 9.61. The Morgan fingerprint density at radius 2 is 1.92 bits per heavy atom. The Labute approximate surface area is 83.0 Å². The third-order valence-corrected chi connectivity index (χ3v) is 3.26. The molecule has 0 aliphatic carbocycles. The normalized spacial score (nSPS) is 13.6. The molecule has 0 aromatic heterocycles. The molecule has 0 unspecified atom stereocenters. The summed E-state index contributed by atoms with van der Waals surface area (Å²) in [6.07, 6.45) is 3.52. The van der Waals surface area contributed by atoms with Gasteiger partial charge in [0, 0.05) is 5.88 Å². The summed E-state index contributed by atoms with van der Waals surface area (Å²) in [6.45, 7) is 9.37. The average molecular weight is 205 g/mol. The Balaban J connectivity index is 4.04. The highest BCUT2D eigenvalue weighted by Gasteiger charge is 2.09. The van der Waals surface area contributed by atoms with Crippen LogP contribution in [0.2, 0.25) is 19.6 Å². The molecule has 0 N–H and O–H groups in total. The number of alkyl halides is 1. The fraction of sp³-hybridized carbons (Fsp3) is 0.800. The van der Waals surface area contributed by atoms with Gasteiger partial charge in [0.05, 0.1) is 8.07 Å². The van der Waals surface area contributed by atoms with Crippen LogP contribution in [0.5, 0.6) is 0 Å². The fourth-order valence-corrected chi connectivity index (χ4v) is 2.96. The van der Waals surface area contributed by atoms with Gasteiger partial charge in [0.25, 0.3) is 0 Å². The highest BCUT2D eigenvalue weighted by molar-refractivity contribution is 6.81. The summed E-state index contributed by atoms with van der Waals surface area (Å²) < 4.78 is 0. The second-order valence-electron chi connectivity index (χ2n) is 4.31. The van der Waals surface area contributed by atoms with Crippen LogP contribution in [0.25, 0.3) is 0 Å². The van der Waals surface area contributed by atoms with E-state index in [4.69, 9.17) is 11.6 Å². The molecule has 0 nitrogen and oxygen atoms in total. The lowest BCUT2D eigenvalue weighted by Crippen LogP contribution is -2.16. The van der Waals surface area contributed by atoms with Gasteiger partial charge in [0.15, 0.2) is 0 Å². The van der Waals surface area contributed by atoms with Gasteiger partial charge in [-0.05, 0) is 19.3 Å². The van der Waals surface area contributed by atoms with E-state index in [-0.39, 0.29) is 0 Å². The molecule has 0 saturated carbocycles. The maximum atomic E-state index is 5.66. The van der Waals surface area contributed by atoms with E-state index in [1.165, 1.54) is 12.8 Å². The van der Waals surface area contributed by atoms with Crippen molar-refractivity contribution >= 4 is 19.7 Å². The van der Waals surface area contributed by atoms with E-state index in [9.17, 15) is 0 Å². The van der Waals surface area contributed by atoms with Crippen molar-refractivity contribution in [3.63, 3.8) is 0 Å². The molecule has 0 saturated heterocycles. The molecule has 0 heterocycles. The summed E-state index contributed by atoms with van der Waals surface area (Å²) in [5.41, 5.74) is 4.12. The number of hydrogen-bond donors (Lipinski definition) is 0. The van der Waals surface area contributed by atoms with Crippen molar-refractivity contribution in [3.8, 4) is 0 Å². The Morgan fingerprint density at radius 3 is 2.25 bits per heavy atom. The van der Waals surface area contributed by atoms with Crippen LogP contribution < -0.4 is 0 Å². The third kappa shape index (κ3) is 6.93. The van der Waals surface area contributed by atoms with Crippen molar-refractivity contribution < 1.29 is 0 Å². The Kier molecular flexibility index (Phi) is 5.94. The molecule has 2 heteroatoms. The van der Waals surface area contributed by atoms with Crippen molar-refractivity contribution in [1.29, 1.82) is 0 Å². The highest BCUT2D eigenvalue weighted by Crippen LogP contribution is 2.15. The predicted molar refractivity (Wildman–Crippen MR) is 61.7 cm³/mol. The quantitative estimate of drug-likeness (QED) is 0.465. The molecule has 0 atom stereocenters. The lowest BCUT2D eigenvalue weighted by Gasteiger charge is -2.13. The summed E-state index contributed by atoms with van der Waals surface area (Å²) in [4.78, 5) is 0. The van der Waals surface area contributed by atoms with E-state index >= 15 is 0 Å². The van der Waals surface area contributed by atoms with Crippen LogP contribution in [0.15, 0.2) is 11.3 Å². The molecule has 0 amide bonds. The van der Waals surface area contributed by atoms with E-state index in [0.29, 0.717) is 0 Å². The molecule has 0 bridgehead atoms. The molecule has 0 spiro atoms. The maximum Gasteiger partial charge on any atom is 0.0686 e. The molecule has 0 radical (unpaired) electrons. The van der Waals surface area contributed by atoms with Crippen LogP contribution in [0.3, 0.4) is 0 Å². The minimum Gasteiger partial charge on any atom is -0.127 e. The van der Waals surface area contributed by atoms with Crippen LogP contribution in [0, 0.1) is 0 Å². The second kappa shape index (κ2) is 5.82. The van der Waals surface area contributed by atoms with Crippen LogP contribution in [0.4, 0.5) is 0 Å². The van der Waals surface area contributed by atoms with E-state index < -0.39 is 8.07 Å². The Morgan fingerprint density at radius 1 is 1.33 bits per heavy atom. The van der Waals surface area contributed by atoms with Gasteiger partial charge in [0.1, 0.15) is 0 Å². The first-order chi connectivity index (χ1) is 5.49. The number of rotatable bonds is 5. The van der Waals surface area contributed by atoms with E-state index in [2.05, 4.69) is 32.3 Å². The van der Waals surface area contributed by atoms with Gasteiger partial charge >= 0.3 is 0 Å². The largest absolute Gasteiger partial charge is 0.127 e. The SMILES string of the molecule is CC/C(=C\[Si](C)(C)C)CCCCl. The van der Waals surface area contributed by atoms with Gasteiger partial charge < -0.3 is 0 Å². The first kappa shape index (κ1) is 12.2. The summed E-state index contributed by atoms with van der Waals surface area (Å²) in [5.74, 6) is 0.795. The van der Waals surface area contributed by atoms with E-state index in [1.807, 2.05) is 0 Å². The minimum atomic E-state index is -0.996. The van der Waals surface area contributed by atoms with Crippen molar-refractivity contribution in [2.45, 2.75) is 45.8 Å². The van der Waals surface area contributed by atoms with Gasteiger partial charge in [-0.2, -0.15) is 0 Å². The highest BCUT2D eigenvalue weighted by atomic mass is 35.5. The summed E-state index contributed by atoms with van der Waals surface area (Å²) in [7, 11) is -0.996. The number of halogens is 1. The summed E-state index contributed by atoms with van der Waals surface area (Å²) in [5, 5.41) is 0. The van der Waals surface area contributed by atoms with Crippen molar-refractivity contribution in [1.82, 2.24) is 0 Å². The topological polar surface area (TPSA) is 0 Å². The van der Waals surface area contributed by atoms with Crippen LogP contribution in [-0.2, 0) is 0 Å². The van der Waals surface area contributed by atoms with E-state index in [0.717, 1.165) is 12.3 Å². The summed E-state index contributed by atoms with van der Waals surface area (Å²) in [6, 6.07) is 0. The van der Waals surface area contributed by atoms with Gasteiger partial charge in [-0.15, -0.1) is 11.6 Å². The standard InChI is InChI=1S/C10H21ClSi/c1-5-10(7-6-8-11)9-12(2,3)4/h9H,5-8H2,1-4H3/b10-9+. The lowest BCUT2D eigenvalue weighted by molar-refractivity contribution is 0.865. The first-order valence-corrected chi connectivity index (χ1v) is 8.87. The minimum absolute atomic E-state index is 0.795. The Hall–Kier alpha value is 0.247. The molecule has 0 aromatic carbocycles.